The maximum absolute atomic E-state index is 11.8. The molecule has 0 bridgehead atoms. The molecule has 0 aliphatic heterocycles. The SMILES string of the molecule is Cc1cc(C(C)NCCCOCC(F)(F)F)c(C)s1. The molecular weight excluding hydrogens is 275 g/mol. The van der Waals surface area contributed by atoms with Crippen LogP contribution in [0.4, 0.5) is 13.2 Å². The number of thiophene rings is 1. The molecule has 0 aromatic carbocycles. The van der Waals surface area contributed by atoms with E-state index in [0.29, 0.717) is 13.0 Å². The molecule has 2 nitrogen and oxygen atoms in total. The molecule has 0 aliphatic carbocycles. The van der Waals surface area contributed by atoms with Gasteiger partial charge in [0.2, 0.25) is 0 Å². The average Bonchev–Trinajstić information content (AvgIpc) is 2.61. The van der Waals surface area contributed by atoms with E-state index in [1.165, 1.54) is 15.3 Å². The monoisotopic (exact) mass is 295 g/mol. The molecule has 0 aliphatic rings. The molecule has 0 spiro atoms. The van der Waals surface area contributed by atoms with Crippen molar-refractivity contribution < 1.29 is 17.9 Å². The van der Waals surface area contributed by atoms with E-state index in [9.17, 15) is 13.2 Å². The Hall–Kier alpha value is -0.590. The lowest BCUT2D eigenvalue weighted by molar-refractivity contribution is -0.173. The first-order chi connectivity index (χ1) is 8.79. The van der Waals surface area contributed by atoms with Gasteiger partial charge in [-0.1, -0.05) is 0 Å². The highest BCUT2D eigenvalue weighted by atomic mass is 32.1. The van der Waals surface area contributed by atoms with Crippen LogP contribution in [0.5, 0.6) is 0 Å². The van der Waals surface area contributed by atoms with Crippen molar-refractivity contribution in [1.29, 1.82) is 0 Å². The minimum atomic E-state index is -4.23. The molecule has 1 aromatic heterocycles. The molecule has 110 valence electrons. The number of halogens is 3. The molecule has 1 aromatic rings. The van der Waals surface area contributed by atoms with Crippen LogP contribution >= 0.6 is 11.3 Å². The zero-order chi connectivity index (χ0) is 14.5. The molecular formula is C13H20F3NOS. The summed E-state index contributed by atoms with van der Waals surface area (Å²) in [6.07, 6.45) is -3.66. The van der Waals surface area contributed by atoms with E-state index in [4.69, 9.17) is 0 Å². The first kappa shape index (κ1) is 16.5. The van der Waals surface area contributed by atoms with Gasteiger partial charge in [-0.2, -0.15) is 13.2 Å². The number of hydrogen-bond acceptors (Lipinski definition) is 3. The summed E-state index contributed by atoms with van der Waals surface area (Å²) in [6.45, 7) is 5.82. The van der Waals surface area contributed by atoms with Crippen LogP contribution < -0.4 is 5.32 Å². The molecule has 0 saturated heterocycles. The summed E-state index contributed by atoms with van der Waals surface area (Å²) in [5, 5.41) is 3.30. The predicted octanol–water partition coefficient (Wildman–Crippen LogP) is 3.98. The van der Waals surface area contributed by atoms with E-state index in [2.05, 4.69) is 36.9 Å². The topological polar surface area (TPSA) is 21.3 Å². The molecule has 1 heterocycles. The van der Waals surface area contributed by atoms with E-state index in [0.717, 1.165) is 0 Å². The third kappa shape index (κ3) is 6.40. The molecule has 1 unspecified atom stereocenters. The second kappa shape index (κ2) is 7.26. The van der Waals surface area contributed by atoms with Gasteiger partial charge >= 0.3 is 6.18 Å². The van der Waals surface area contributed by atoms with Crippen molar-refractivity contribution in [1.82, 2.24) is 5.32 Å². The Labute approximate surface area is 116 Å². The quantitative estimate of drug-likeness (QED) is 0.768. The second-order valence-corrected chi connectivity index (χ2v) is 6.03. The van der Waals surface area contributed by atoms with Crippen LogP contribution in [0.1, 0.15) is 34.7 Å². The Morgan fingerprint density at radius 3 is 2.58 bits per heavy atom. The second-order valence-electron chi connectivity index (χ2n) is 4.57. The lowest BCUT2D eigenvalue weighted by Crippen LogP contribution is -2.22. The number of alkyl halides is 3. The van der Waals surface area contributed by atoms with Gasteiger partial charge in [-0.05, 0) is 45.4 Å². The Morgan fingerprint density at radius 2 is 2.05 bits per heavy atom. The van der Waals surface area contributed by atoms with Crippen molar-refractivity contribution in [2.24, 2.45) is 0 Å². The highest BCUT2D eigenvalue weighted by molar-refractivity contribution is 7.12. The fourth-order valence-corrected chi connectivity index (χ4v) is 2.89. The predicted molar refractivity (Wildman–Crippen MR) is 71.7 cm³/mol. The van der Waals surface area contributed by atoms with Gasteiger partial charge in [0.05, 0.1) is 0 Å². The lowest BCUT2D eigenvalue weighted by atomic mass is 10.1. The van der Waals surface area contributed by atoms with Crippen LogP contribution in [-0.4, -0.2) is 25.9 Å². The Balaban J connectivity index is 2.18. The molecule has 1 atom stereocenters. The van der Waals surface area contributed by atoms with Crippen LogP contribution in [0.2, 0.25) is 0 Å². The van der Waals surface area contributed by atoms with Crippen LogP contribution in [0.3, 0.4) is 0 Å². The van der Waals surface area contributed by atoms with Crippen molar-refractivity contribution in [3.05, 3.63) is 21.4 Å². The van der Waals surface area contributed by atoms with Gasteiger partial charge < -0.3 is 10.1 Å². The van der Waals surface area contributed by atoms with E-state index in [1.807, 2.05) is 0 Å². The van der Waals surface area contributed by atoms with E-state index >= 15 is 0 Å². The van der Waals surface area contributed by atoms with Gasteiger partial charge in [0.15, 0.2) is 0 Å². The number of nitrogens with one attached hydrogen (secondary N) is 1. The summed E-state index contributed by atoms with van der Waals surface area (Å²) in [5.74, 6) is 0. The maximum Gasteiger partial charge on any atom is 0.411 e. The number of rotatable bonds is 7. The molecule has 0 saturated carbocycles. The van der Waals surface area contributed by atoms with Gasteiger partial charge in [0.25, 0.3) is 0 Å². The highest BCUT2D eigenvalue weighted by Gasteiger charge is 2.27. The summed E-state index contributed by atoms with van der Waals surface area (Å²) in [6, 6.07) is 2.37. The van der Waals surface area contributed by atoms with Gasteiger partial charge in [0.1, 0.15) is 6.61 Å². The standard InChI is InChI=1S/C13H20F3NOS/c1-9-7-12(11(3)19-9)10(2)17-5-4-6-18-8-13(14,15)16/h7,10,17H,4-6,8H2,1-3H3. The smallest absolute Gasteiger partial charge is 0.372 e. The summed E-state index contributed by atoms with van der Waals surface area (Å²) in [5.41, 5.74) is 1.26. The first-order valence-electron chi connectivity index (χ1n) is 6.24. The van der Waals surface area contributed by atoms with Gasteiger partial charge in [0, 0.05) is 22.4 Å². The van der Waals surface area contributed by atoms with Crippen molar-refractivity contribution in [3.63, 3.8) is 0 Å². The molecule has 6 heteroatoms. The Morgan fingerprint density at radius 1 is 1.37 bits per heavy atom. The largest absolute Gasteiger partial charge is 0.411 e. The Bertz CT molecular complexity index is 390. The van der Waals surface area contributed by atoms with Crippen molar-refractivity contribution in [2.45, 2.75) is 39.4 Å². The van der Waals surface area contributed by atoms with E-state index < -0.39 is 12.8 Å². The highest BCUT2D eigenvalue weighted by Crippen LogP contribution is 2.25. The summed E-state index contributed by atoms with van der Waals surface area (Å²) in [7, 11) is 0. The molecule has 0 radical (unpaired) electrons. The minimum Gasteiger partial charge on any atom is -0.372 e. The van der Waals surface area contributed by atoms with Crippen LogP contribution in [-0.2, 0) is 4.74 Å². The summed E-state index contributed by atoms with van der Waals surface area (Å²) < 4.78 is 40.0. The molecule has 1 N–H and O–H groups in total. The third-order valence-electron chi connectivity index (χ3n) is 2.73. The van der Waals surface area contributed by atoms with Crippen molar-refractivity contribution >= 4 is 11.3 Å². The molecule has 1 rings (SSSR count). The number of aryl methyl sites for hydroxylation is 2. The normalized spacial score (nSPS) is 13.8. The van der Waals surface area contributed by atoms with Crippen molar-refractivity contribution in [2.75, 3.05) is 19.8 Å². The molecule has 0 fully saturated rings. The summed E-state index contributed by atoms with van der Waals surface area (Å²) >= 11 is 1.76. The minimum absolute atomic E-state index is 0.126. The van der Waals surface area contributed by atoms with E-state index in [1.54, 1.807) is 11.3 Å². The molecule has 19 heavy (non-hydrogen) atoms. The zero-order valence-electron chi connectivity index (χ0n) is 11.4. The van der Waals surface area contributed by atoms with Crippen LogP contribution in [0.25, 0.3) is 0 Å². The zero-order valence-corrected chi connectivity index (χ0v) is 12.3. The Kier molecular flexibility index (Phi) is 6.29. The van der Waals surface area contributed by atoms with Crippen LogP contribution in [0.15, 0.2) is 6.07 Å². The molecule has 0 amide bonds. The fraction of sp³-hybridized carbons (Fsp3) is 0.692. The number of ether oxygens (including phenoxy) is 1. The maximum atomic E-state index is 11.8. The van der Waals surface area contributed by atoms with Gasteiger partial charge in [-0.15, -0.1) is 11.3 Å². The van der Waals surface area contributed by atoms with Crippen molar-refractivity contribution in [3.8, 4) is 0 Å². The first-order valence-corrected chi connectivity index (χ1v) is 7.06. The van der Waals surface area contributed by atoms with Gasteiger partial charge in [-0.25, -0.2) is 0 Å². The lowest BCUT2D eigenvalue weighted by Gasteiger charge is -2.14. The number of hydrogen-bond donors (Lipinski definition) is 1. The van der Waals surface area contributed by atoms with Gasteiger partial charge in [-0.3, -0.25) is 0 Å². The average molecular weight is 295 g/mol. The van der Waals surface area contributed by atoms with E-state index in [-0.39, 0.29) is 12.6 Å². The third-order valence-corrected chi connectivity index (χ3v) is 3.71. The summed E-state index contributed by atoms with van der Waals surface area (Å²) in [4.78, 5) is 2.56. The fourth-order valence-electron chi connectivity index (χ4n) is 1.87. The van der Waals surface area contributed by atoms with Crippen LogP contribution in [0, 0.1) is 13.8 Å².